The van der Waals surface area contributed by atoms with E-state index in [0.717, 1.165) is 21.4 Å². The fourth-order valence-electron chi connectivity index (χ4n) is 2.32. The number of anilines is 1. The smallest absolute Gasteiger partial charge is 0.255 e. The Balaban J connectivity index is 1.93. The molecule has 0 aliphatic carbocycles. The van der Waals surface area contributed by atoms with Crippen molar-refractivity contribution in [3.63, 3.8) is 0 Å². The summed E-state index contributed by atoms with van der Waals surface area (Å²) in [6.45, 7) is 4.94. The van der Waals surface area contributed by atoms with Crippen molar-refractivity contribution < 1.29 is 9.53 Å². The summed E-state index contributed by atoms with van der Waals surface area (Å²) in [4.78, 5) is 12.4. The highest BCUT2D eigenvalue weighted by Gasteiger charge is 2.08. The highest BCUT2D eigenvalue weighted by Crippen LogP contribution is 2.20. The average Bonchev–Trinajstić information content (AvgIpc) is 2.57. The molecular formula is C20H24INO2. The van der Waals surface area contributed by atoms with E-state index in [2.05, 4.69) is 34.8 Å². The maximum atomic E-state index is 12.4. The summed E-state index contributed by atoms with van der Waals surface area (Å²) in [5.41, 5.74) is 2.59. The fourth-order valence-corrected chi connectivity index (χ4v) is 2.84. The summed E-state index contributed by atoms with van der Waals surface area (Å²) in [5, 5.41) is 2.93. The van der Waals surface area contributed by atoms with Crippen LogP contribution in [0.3, 0.4) is 0 Å². The molecule has 0 fully saturated rings. The molecule has 2 aromatic rings. The second-order valence-corrected chi connectivity index (χ2v) is 7.02. The van der Waals surface area contributed by atoms with E-state index in [1.807, 2.05) is 49.4 Å². The molecule has 0 radical (unpaired) electrons. The van der Waals surface area contributed by atoms with Gasteiger partial charge in [-0.3, -0.25) is 4.79 Å². The van der Waals surface area contributed by atoms with Crippen molar-refractivity contribution in [3.8, 4) is 5.75 Å². The Morgan fingerprint density at radius 3 is 2.71 bits per heavy atom. The van der Waals surface area contributed by atoms with Crippen molar-refractivity contribution in [2.75, 3.05) is 11.9 Å². The van der Waals surface area contributed by atoms with Crippen LogP contribution in [0.5, 0.6) is 5.75 Å². The fraction of sp³-hybridized carbons (Fsp3) is 0.350. The minimum atomic E-state index is -0.104. The lowest BCUT2D eigenvalue weighted by Crippen LogP contribution is -2.12. The zero-order chi connectivity index (χ0) is 17.4. The molecule has 0 aliphatic heterocycles. The number of carbonyl (C=O) groups is 1. The van der Waals surface area contributed by atoms with Gasteiger partial charge in [0.1, 0.15) is 5.75 Å². The molecule has 0 saturated carbocycles. The SMILES string of the molecule is CCCCCCOc1cccc(NC(=O)c2ccc(C)c(I)c2)c1. The third-order valence-electron chi connectivity index (χ3n) is 3.79. The van der Waals surface area contributed by atoms with Gasteiger partial charge in [-0.05, 0) is 65.8 Å². The number of rotatable bonds is 8. The summed E-state index contributed by atoms with van der Waals surface area (Å²) < 4.78 is 6.85. The Bertz CT molecular complexity index is 685. The zero-order valence-corrected chi connectivity index (χ0v) is 16.4. The molecule has 3 nitrogen and oxygen atoms in total. The Hall–Kier alpha value is -1.56. The molecule has 0 heterocycles. The van der Waals surface area contributed by atoms with Crippen molar-refractivity contribution in [1.29, 1.82) is 0 Å². The highest BCUT2D eigenvalue weighted by molar-refractivity contribution is 14.1. The second-order valence-electron chi connectivity index (χ2n) is 5.86. The normalized spacial score (nSPS) is 10.5. The molecular weight excluding hydrogens is 413 g/mol. The molecule has 128 valence electrons. The van der Waals surface area contributed by atoms with Crippen LogP contribution in [0.4, 0.5) is 5.69 Å². The molecule has 1 amide bonds. The first-order valence-corrected chi connectivity index (χ1v) is 9.48. The number of carbonyl (C=O) groups excluding carboxylic acids is 1. The van der Waals surface area contributed by atoms with Gasteiger partial charge in [-0.25, -0.2) is 0 Å². The van der Waals surface area contributed by atoms with E-state index in [9.17, 15) is 4.79 Å². The molecule has 2 rings (SSSR count). The van der Waals surface area contributed by atoms with E-state index in [-0.39, 0.29) is 5.91 Å². The van der Waals surface area contributed by atoms with Gasteiger partial charge in [-0.2, -0.15) is 0 Å². The van der Waals surface area contributed by atoms with Gasteiger partial charge in [0, 0.05) is 20.9 Å². The first kappa shape index (κ1) is 18.8. The Kier molecular flexibility index (Phi) is 7.56. The van der Waals surface area contributed by atoms with Crippen molar-refractivity contribution in [1.82, 2.24) is 0 Å². The van der Waals surface area contributed by atoms with Gasteiger partial charge in [-0.15, -0.1) is 0 Å². The molecule has 0 spiro atoms. The predicted molar refractivity (Wildman–Crippen MR) is 108 cm³/mol. The Morgan fingerprint density at radius 1 is 1.12 bits per heavy atom. The second kappa shape index (κ2) is 9.67. The average molecular weight is 437 g/mol. The number of aryl methyl sites for hydroxylation is 1. The van der Waals surface area contributed by atoms with E-state index < -0.39 is 0 Å². The van der Waals surface area contributed by atoms with Crippen LogP contribution in [0.15, 0.2) is 42.5 Å². The summed E-state index contributed by atoms with van der Waals surface area (Å²) in [6.07, 6.45) is 4.72. The maximum absolute atomic E-state index is 12.4. The van der Waals surface area contributed by atoms with Crippen molar-refractivity contribution >= 4 is 34.2 Å². The van der Waals surface area contributed by atoms with Crippen LogP contribution < -0.4 is 10.1 Å². The molecule has 0 aliphatic rings. The molecule has 0 aromatic heterocycles. The Labute approximate surface area is 157 Å². The zero-order valence-electron chi connectivity index (χ0n) is 14.3. The van der Waals surface area contributed by atoms with Crippen molar-refractivity contribution in [3.05, 3.63) is 57.2 Å². The van der Waals surface area contributed by atoms with Gasteiger partial charge in [0.05, 0.1) is 6.61 Å². The van der Waals surface area contributed by atoms with Gasteiger partial charge >= 0.3 is 0 Å². The van der Waals surface area contributed by atoms with E-state index >= 15 is 0 Å². The third kappa shape index (κ3) is 5.82. The largest absolute Gasteiger partial charge is 0.494 e. The van der Waals surface area contributed by atoms with Crippen LogP contribution in [-0.2, 0) is 0 Å². The number of hydrogen-bond donors (Lipinski definition) is 1. The highest BCUT2D eigenvalue weighted by atomic mass is 127. The lowest BCUT2D eigenvalue weighted by molar-refractivity contribution is 0.102. The lowest BCUT2D eigenvalue weighted by Gasteiger charge is -2.10. The quantitative estimate of drug-likeness (QED) is 0.418. The van der Waals surface area contributed by atoms with E-state index in [1.54, 1.807) is 0 Å². The third-order valence-corrected chi connectivity index (χ3v) is 4.95. The molecule has 0 unspecified atom stereocenters. The Morgan fingerprint density at radius 2 is 1.96 bits per heavy atom. The molecule has 0 bridgehead atoms. The number of nitrogens with one attached hydrogen (secondary N) is 1. The summed E-state index contributed by atoms with van der Waals surface area (Å²) in [7, 11) is 0. The minimum Gasteiger partial charge on any atom is -0.494 e. The van der Waals surface area contributed by atoms with Gasteiger partial charge < -0.3 is 10.1 Å². The summed E-state index contributed by atoms with van der Waals surface area (Å²) in [5.74, 6) is 0.691. The number of halogens is 1. The summed E-state index contributed by atoms with van der Waals surface area (Å²) in [6, 6.07) is 13.3. The molecule has 0 saturated heterocycles. The van der Waals surface area contributed by atoms with Crippen LogP contribution in [0.25, 0.3) is 0 Å². The van der Waals surface area contributed by atoms with Crippen LogP contribution in [0, 0.1) is 10.5 Å². The van der Waals surface area contributed by atoms with E-state index in [0.29, 0.717) is 12.2 Å². The summed E-state index contributed by atoms with van der Waals surface area (Å²) >= 11 is 2.24. The maximum Gasteiger partial charge on any atom is 0.255 e. The number of amides is 1. The topological polar surface area (TPSA) is 38.3 Å². The molecule has 0 atom stereocenters. The predicted octanol–water partition coefficient (Wildman–Crippen LogP) is 5.81. The van der Waals surface area contributed by atoms with Gasteiger partial charge in [0.15, 0.2) is 0 Å². The number of unbranched alkanes of at least 4 members (excludes halogenated alkanes) is 3. The molecule has 4 heteroatoms. The lowest BCUT2D eigenvalue weighted by atomic mass is 10.1. The van der Waals surface area contributed by atoms with Gasteiger partial charge in [0.25, 0.3) is 5.91 Å². The van der Waals surface area contributed by atoms with Crippen LogP contribution in [0.2, 0.25) is 0 Å². The standard InChI is InChI=1S/C20H24INO2/c1-3-4-5-6-12-24-18-9-7-8-17(14-18)22-20(23)16-11-10-15(2)19(21)13-16/h7-11,13-14H,3-6,12H2,1-2H3,(H,22,23). The molecule has 1 N–H and O–H groups in total. The van der Waals surface area contributed by atoms with Gasteiger partial charge in [-0.1, -0.05) is 38.3 Å². The van der Waals surface area contributed by atoms with E-state index in [4.69, 9.17) is 4.74 Å². The number of benzene rings is 2. The van der Waals surface area contributed by atoms with E-state index in [1.165, 1.54) is 24.8 Å². The minimum absolute atomic E-state index is 0.104. The monoisotopic (exact) mass is 437 g/mol. The van der Waals surface area contributed by atoms with Crippen molar-refractivity contribution in [2.24, 2.45) is 0 Å². The molecule has 2 aromatic carbocycles. The number of ether oxygens (including phenoxy) is 1. The number of hydrogen-bond acceptors (Lipinski definition) is 2. The molecule has 24 heavy (non-hydrogen) atoms. The van der Waals surface area contributed by atoms with Gasteiger partial charge in [0.2, 0.25) is 0 Å². The van der Waals surface area contributed by atoms with Crippen LogP contribution in [-0.4, -0.2) is 12.5 Å². The van der Waals surface area contributed by atoms with Crippen molar-refractivity contribution in [2.45, 2.75) is 39.5 Å². The first-order valence-electron chi connectivity index (χ1n) is 8.40. The first-order chi connectivity index (χ1) is 11.6. The van der Waals surface area contributed by atoms with Crippen LogP contribution >= 0.6 is 22.6 Å². The van der Waals surface area contributed by atoms with Crippen LogP contribution in [0.1, 0.15) is 48.5 Å².